The third kappa shape index (κ3) is 5.69. The van der Waals surface area contributed by atoms with Gasteiger partial charge in [0.1, 0.15) is 0 Å². The Morgan fingerprint density at radius 1 is 1.12 bits per heavy atom. The molecule has 1 heterocycles. The van der Waals surface area contributed by atoms with Crippen molar-refractivity contribution in [3.63, 3.8) is 0 Å². The number of allylic oxidation sites excluding steroid dienone is 1. The number of carbonyl (C=O) groups excluding carboxylic acids is 3. The van der Waals surface area contributed by atoms with Gasteiger partial charge in [-0.25, -0.2) is 4.79 Å². The van der Waals surface area contributed by atoms with Crippen molar-refractivity contribution in [3.05, 3.63) is 82.1 Å². The van der Waals surface area contributed by atoms with Gasteiger partial charge in [-0.05, 0) is 57.9 Å². The van der Waals surface area contributed by atoms with Gasteiger partial charge in [-0.3, -0.25) is 9.59 Å². The van der Waals surface area contributed by atoms with Crippen molar-refractivity contribution in [2.24, 2.45) is 0 Å². The van der Waals surface area contributed by atoms with Crippen LogP contribution in [0.25, 0.3) is 0 Å². The minimum absolute atomic E-state index is 0.0284. The highest BCUT2D eigenvalue weighted by atomic mass is 16.5. The number of nitrogens with zero attached hydrogens (tertiary/aromatic N) is 1. The molecule has 0 saturated heterocycles. The van der Waals surface area contributed by atoms with Gasteiger partial charge in [-0.2, -0.15) is 0 Å². The maximum Gasteiger partial charge on any atom is 0.336 e. The first kappa shape index (κ1) is 24.2. The summed E-state index contributed by atoms with van der Waals surface area (Å²) < 4.78 is 5.37. The molecular weight excluding hydrogens is 416 g/mol. The smallest absolute Gasteiger partial charge is 0.336 e. The lowest BCUT2D eigenvalue weighted by molar-refractivity contribution is -0.140. The second-order valence-electron chi connectivity index (χ2n) is 8.70. The summed E-state index contributed by atoms with van der Waals surface area (Å²) in [7, 11) is 0. The lowest BCUT2D eigenvalue weighted by atomic mass is 9.83. The summed E-state index contributed by atoms with van der Waals surface area (Å²) in [6.45, 7) is 9.90. The molecule has 2 aromatic carbocycles. The molecule has 1 unspecified atom stereocenters. The lowest BCUT2D eigenvalue weighted by Crippen LogP contribution is -2.38. The Morgan fingerprint density at radius 2 is 1.85 bits per heavy atom. The van der Waals surface area contributed by atoms with Gasteiger partial charge >= 0.3 is 5.97 Å². The zero-order valence-corrected chi connectivity index (χ0v) is 20.0. The highest BCUT2D eigenvalue weighted by Crippen LogP contribution is 2.38. The fraction of sp³-hybridized carbons (Fsp3) is 0.370. The van der Waals surface area contributed by atoms with Crippen LogP contribution in [-0.4, -0.2) is 35.3 Å². The van der Waals surface area contributed by atoms with Crippen LogP contribution in [0, 0.1) is 6.92 Å². The van der Waals surface area contributed by atoms with E-state index in [1.807, 2.05) is 51.1 Å². The molecule has 1 N–H and O–H groups in total. The van der Waals surface area contributed by atoms with Crippen LogP contribution in [0.1, 0.15) is 67.1 Å². The fourth-order valence-electron chi connectivity index (χ4n) is 4.19. The van der Waals surface area contributed by atoms with E-state index in [-0.39, 0.29) is 43.3 Å². The molecule has 2 aromatic rings. The van der Waals surface area contributed by atoms with E-state index >= 15 is 0 Å². The van der Waals surface area contributed by atoms with Crippen LogP contribution in [0.5, 0.6) is 0 Å². The molecule has 1 atom stereocenters. The van der Waals surface area contributed by atoms with Crippen LogP contribution >= 0.6 is 0 Å². The number of esters is 1. The van der Waals surface area contributed by atoms with E-state index < -0.39 is 5.97 Å². The Morgan fingerprint density at radius 3 is 2.52 bits per heavy atom. The Hall–Kier alpha value is -3.41. The van der Waals surface area contributed by atoms with Crippen molar-refractivity contribution in [1.82, 2.24) is 10.2 Å². The molecule has 0 aliphatic carbocycles. The SMILES string of the molecule is CCOC(=O)C1=C(C)N(Cc2cccc(C(=O)NC(C)C)c2)C(=O)CC1c1cccc(C)c1. The quantitative estimate of drug-likeness (QED) is 0.634. The summed E-state index contributed by atoms with van der Waals surface area (Å²) in [6, 6.07) is 15.1. The van der Waals surface area contributed by atoms with Gasteiger partial charge in [-0.15, -0.1) is 0 Å². The largest absolute Gasteiger partial charge is 0.463 e. The number of carbonyl (C=O) groups is 3. The van der Waals surface area contributed by atoms with Crippen molar-refractivity contribution in [3.8, 4) is 0 Å². The van der Waals surface area contributed by atoms with E-state index in [4.69, 9.17) is 4.74 Å². The van der Waals surface area contributed by atoms with Gasteiger partial charge < -0.3 is 15.0 Å². The number of nitrogens with one attached hydrogen (secondary N) is 1. The van der Waals surface area contributed by atoms with Gasteiger partial charge in [0.2, 0.25) is 5.91 Å². The minimum atomic E-state index is -0.399. The van der Waals surface area contributed by atoms with Crippen molar-refractivity contribution in [2.45, 2.75) is 59.5 Å². The van der Waals surface area contributed by atoms with E-state index in [0.29, 0.717) is 16.8 Å². The molecular formula is C27H32N2O4. The monoisotopic (exact) mass is 448 g/mol. The molecule has 174 valence electrons. The van der Waals surface area contributed by atoms with Gasteiger partial charge in [0, 0.05) is 29.6 Å². The van der Waals surface area contributed by atoms with E-state index in [1.54, 1.807) is 36.9 Å². The zero-order chi connectivity index (χ0) is 24.1. The topological polar surface area (TPSA) is 75.7 Å². The molecule has 0 saturated carbocycles. The molecule has 0 fully saturated rings. The molecule has 0 bridgehead atoms. The van der Waals surface area contributed by atoms with E-state index in [0.717, 1.165) is 16.7 Å². The maximum absolute atomic E-state index is 13.2. The fourth-order valence-corrected chi connectivity index (χ4v) is 4.19. The average molecular weight is 449 g/mol. The number of rotatable bonds is 7. The van der Waals surface area contributed by atoms with Gasteiger partial charge in [-0.1, -0.05) is 42.0 Å². The molecule has 1 aliphatic heterocycles. The van der Waals surface area contributed by atoms with Crippen LogP contribution < -0.4 is 5.32 Å². The standard InChI is InChI=1S/C27H32N2O4/c1-6-33-27(32)25-19(5)29(24(30)15-23(25)21-11-7-9-18(4)13-21)16-20-10-8-12-22(14-20)26(31)28-17(2)3/h7-14,17,23H,6,15-16H2,1-5H3,(H,28,31). The first-order valence-electron chi connectivity index (χ1n) is 11.4. The van der Waals surface area contributed by atoms with Crippen LogP contribution in [0.4, 0.5) is 0 Å². The third-order valence-corrected chi connectivity index (χ3v) is 5.71. The number of hydrogen-bond donors (Lipinski definition) is 1. The average Bonchev–Trinajstić information content (AvgIpc) is 2.76. The summed E-state index contributed by atoms with van der Waals surface area (Å²) in [4.78, 5) is 40.2. The van der Waals surface area contributed by atoms with E-state index in [2.05, 4.69) is 5.32 Å². The second-order valence-corrected chi connectivity index (χ2v) is 8.70. The first-order chi connectivity index (χ1) is 15.7. The molecule has 0 spiro atoms. The molecule has 33 heavy (non-hydrogen) atoms. The van der Waals surface area contributed by atoms with Gasteiger partial charge in [0.15, 0.2) is 0 Å². The van der Waals surface area contributed by atoms with Crippen molar-refractivity contribution >= 4 is 17.8 Å². The predicted octanol–water partition coefficient (Wildman–Crippen LogP) is 4.49. The van der Waals surface area contributed by atoms with E-state index in [9.17, 15) is 14.4 Å². The molecule has 6 heteroatoms. The summed E-state index contributed by atoms with van der Waals surface area (Å²) in [5.74, 6) is -0.972. The van der Waals surface area contributed by atoms with Crippen LogP contribution in [0.3, 0.4) is 0 Å². The number of benzene rings is 2. The Labute approximate surface area is 195 Å². The Bertz CT molecular complexity index is 1090. The molecule has 6 nitrogen and oxygen atoms in total. The third-order valence-electron chi connectivity index (χ3n) is 5.71. The highest BCUT2D eigenvalue weighted by Gasteiger charge is 2.37. The summed E-state index contributed by atoms with van der Waals surface area (Å²) >= 11 is 0. The highest BCUT2D eigenvalue weighted by molar-refractivity contribution is 5.96. The second kappa shape index (κ2) is 10.5. The van der Waals surface area contributed by atoms with E-state index in [1.165, 1.54) is 0 Å². The zero-order valence-electron chi connectivity index (χ0n) is 20.0. The number of ether oxygens (including phenoxy) is 1. The molecule has 0 aromatic heterocycles. The normalized spacial score (nSPS) is 16.2. The minimum Gasteiger partial charge on any atom is -0.463 e. The maximum atomic E-state index is 13.2. The first-order valence-corrected chi connectivity index (χ1v) is 11.4. The van der Waals surface area contributed by atoms with Gasteiger partial charge in [0.05, 0.1) is 18.7 Å². The van der Waals surface area contributed by atoms with Crippen molar-refractivity contribution in [1.29, 1.82) is 0 Å². The predicted molar refractivity (Wildman–Crippen MR) is 127 cm³/mol. The number of hydrogen-bond acceptors (Lipinski definition) is 4. The van der Waals surface area contributed by atoms with Crippen molar-refractivity contribution in [2.75, 3.05) is 6.61 Å². The summed E-state index contributed by atoms with van der Waals surface area (Å²) in [5.41, 5.74) is 4.45. The molecule has 3 rings (SSSR count). The lowest BCUT2D eigenvalue weighted by Gasteiger charge is -2.34. The molecule has 1 aliphatic rings. The Kier molecular flexibility index (Phi) is 7.69. The van der Waals surface area contributed by atoms with Gasteiger partial charge in [0.25, 0.3) is 5.91 Å². The van der Waals surface area contributed by atoms with Crippen molar-refractivity contribution < 1.29 is 19.1 Å². The van der Waals surface area contributed by atoms with Crippen LogP contribution in [0.15, 0.2) is 59.8 Å². The number of aryl methyl sites for hydroxylation is 1. The van der Waals surface area contributed by atoms with Crippen LogP contribution in [-0.2, 0) is 20.9 Å². The molecule has 2 amide bonds. The van der Waals surface area contributed by atoms with Crippen LogP contribution in [0.2, 0.25) is 0 Å². The summed E-state index contributed by atoms with van der Waals surface area (Å²) in [5, 5.41) is 2.88. The molecule has 0 radical (unpaired) electrons. The Balaban J connectivity index is 1.97. The summed E-state index contributed by atoms with van der Waals surface area (Å²) in [6.07, 6.45) is 0.183. The number of amides is 2.